The first-order chi connectivity index (χ1) is 11.9. The van der Waals surface area contributed by atoms with Gasteiger partial charge in [-0.15, -0.1) is 0 Å². The number of benzene rings is 1. The largest absolute Gasteiger partial charge is 0.481 e. The average Bonchev–Trinajstić information content (AvgIpc) is 3.10. The quantitative estimate of drug-likeness (QED) is 0.741. The lowest BCUT2D eigenvalue weighted by atomic mass is 10.1. The second kappa shape index (κ2) is 6.43. The summed E-state index contributed by atoms with van der Waals surface area (Å²) in [5.74, 6) is -1.29. The van der Waals surface area contributed by atoms with Crippen molar-refractivity contribution < 1.29 is 19.1 Å². The predicted octanol–water partition coefficient (Wildman–Crippen LogP) is 3.40. The number of nitrogens with zero attached hydrogens (tertiary/aromatic N) is 2. The van der Waals surface area contributed by atoms with Crippen LogP contribution < -0.4 is 5.32 Å². The molecule has 3 aromatic rings. The summed E-state index contributed by atoms with van der Waals surface area (Å²) in [5.41, 5.74) is 2.39. The molecule has 2 N–H and O–H groups in total. The van der Waals surface area contributed by atoms with E-state index in [2.05, 4.69) is 10.4 Å². The minimum absolute atomic E-state index is 0.149. The molecular formula is C18H19N3O4. The standard InChI is InChI=1S/C18H19N3O4/c1-10(2)21-14-6-13(5-4-12(14)8-19-21)20-18(24)17-11(3)9-25-15(17)7-16(22)23/h4-6,8-10H,7H2,1-3H3,(H,20,24)(H,22,23). The number of amides is 1. The zero-order chi connectivity index (χ0) is 18.1. The molecule has 0 spiro atoms. The molecule has 130 valence electrons. The number of aryl methyl sites for hydroxylation is 1. The molecule has 7 heteroatoms. The van der Waals surface area contributed by atoms with Gasteiger partial charge in [-0.3, -0.25) is 14.3 Å². The maximum absolute atomic E-state index is 12.6. The Morgan fingerprint density at radius 2 is 2.12 bits per heavy atom. The third-order valence-corrected chi connectivity index (χ3v) is 3.94. The van der Waals surface area contributed by atoms with E-state index in [1.54, 1.807) is 19.2 Å². The van der Waals surface area contributed by atoms with E-state index in [0.29, 0.717) is 11.3 Å². The molecule has 0 unspecified atom stereocenters. The van der Waals surface area contributed by atoms with Crippen molar-refractivity contribution in [2.24, 2.45) is 0 Å². The number of hydrogen-bond donors (Lipinski definition) is 2. The number of anilines is 1. The monoisotopic (exact) mass is 341 g/mol. The fraction of sp³-hybridized carbons (Fsp3) is 0.278. The van der Waals surface area contributed by atoms with Crippen LogP contribution in [0.2, 0.25) is 0 Å². The highest BCUT2D eigenvalue weighted by molar-refractivity contribution is 6.07. The van der Waals surface area contributed by atoms with Crippen LogP contribution >= 0.6 is 0 Å². The van der Waals surface area contributed by atoms with Gasteiger partial charge in [0.15, 0.2) is 0 Å². The van der Waals surface area contributed by atoms with Crippen LogP contribution in [0.4, 0.5) is 5.69 Å². The number of fused-ring (bicyclic) bond motifs is 1. The van der Waals surface area contributed by atoms with E-state index in [-0.39, 0.29) is 23.8 Å². The van der Waals surface area contributed by atoms with Crippen LogP contribution in [0.25, 0.3) is 10.9 Å². The van der Waals surface area contributed by atoms with E-state index in [1.165, 1.54) is 6.26 Å². The Kier molecular flexibility index (Phi) is 4.31. The minimum Gasteiger partial charge on any atom is -0.481 e. The van der Waals surface area contributed by atoms with E-state index in [4.69, 9.17) is 9.52 Å². The smallest absolute Gasteiger partial charge is 0.311 e. The molecule has 0 aliphatic carbocycles. The molecule has 3 rings (SSSR count). The van der Waals surface area contributed by atoms with Crippen molar-refractivity contribution in [1.82, 2.24) is 9.78 Å². The summed E-state index contributed by atoms with van der Waals surface area (Å²) >= 11 is 0. The van der Waals surface area contributed by atoms with Crippen LogP contribution in [-0.4, -0.2) is 26.8 Å². The van der Waals surface area contributed by atoms with Crippen molar-refractivity contribution in [2.75, 3.05) is 5.32 Å². The first-order valence-corrected chi connectivity index (χ1v) is 7.94. The Labute approximate surface area is 144 Å². The Morgan fingerprint density at radius 3 is 2.80 bits per heavy atom. The molecule has 0 bridgehead atoms. The van der Waals surface area contributed by atoms with Crippen LogP contribution in [0.15, 0.2) is 35.1 Å². The highest BCUT2D eigenvalue weighted by atomic mass is 16.4. The Balaban J connectivity index is 1.91. The van der Waals surface area contributed by atoms with Gasteiger partial charge in [-0.2, -0.15) is 5.10 Å². The third-order valence-electron chi connectivity index (χ3n) is 3.94. The highest BCUT2D eigenvalue weighted by Crippen LogP contribution is 2.24. The lowest BCUT2D eigenvalue weighted by Crippen LogP contribution is -2.15. The summed E-state index contributed by atoms with van der Waals surface area (Å²) in [6, 6.07) is 5.73. The maximum atomic E-state index is 12.6. The molecule has 0 fully saturated rings. The zero-order valence-corrected chi connectivity index (χ0v) is 14.2. The number of carboxylic acids is 1. The first-order valence-electron chi connectivity index (χ1n) is 7.94. The summed E-state index contributed by atoms with van der Waals surface area (Å²) in [6.07, 6.45) is 2.84. The fourth-order valence-corrected chi connectivity index (χ4v) is 2.79. The van der Waals surface area contributed by atoms with E-state index in [0.717, 1.165) is 10.9 Å². The number of furan rings is 1. The number of carbonyl (C=O) groups is 2. The van der Waals surface area contributed by atoms with Gasteiger partial charge in [0, 0.05) is 22.7 Å². The summed E-state index contributed by atoms with van der Waals surface area (Å²) in [4.78, 5) is 23.5. The van der Waals surface area contributed by atoms with Crippen molar-refractivity contribution in [2.45, 2.75) is 33.2 Å². The van der Waals surface area contributed by atoms with Crippen LogP contribution in [0.1, 0.15) is 41.6 Å². The number of carbonyl (C=O) groups excluding carboxylic acids is 1. The number of hydrogen-bond acceptors (Lipinski definition) is 4. The maximum Gasteiger partial charge on any atom is 0.311 e. The molecular weight excluding hydrogens is 322 g/mol. The van der Waals surface area contributed by atoms with E-state index < -0.39 is 11.9 Å². The van der Waals surface area contributed by atoms with E-state index in [9.17, 15) is 9.59 Å². The Hall–Kier alpha value is -3.09. The number of aromatic nitrogens is 2. The van der Waals surface area contributed by atoms with Gasteiger partial charge in [-0.1, -0.05) is 0 Å². The number of carboxylic acid groups (broad SMARTS) is 1. The molecule has 1 amide bonds. The molecule has 7 nitrogen and oxygen atoms in total. The van der Waals surface area contributed by atoms with Crippen LogP contribution in [0.5, 0.6) is 0 Å². The van der Waals surface area contributed by atoms with Gasteiger partial charge in [0.25, 0.3) is 5.91 Å². The Morgan fingerprint density at radius 1 is 1.36 bits per heavy atom. The summed E-state index contributed by atoms with van der Waals surface area (Å²) in [6.45, 7) is 5.77. The van der Waals surface area contributed by atoms with Gasteiger partial charge < -0.3 is 14.8 Å². The van der Waals surface area contributed by atoms with Gasteiger partial charge in [0.2, 0.25) is 0 Å². The molecule has 0 aliphatic rings. The van der Waals surface area contributed by atoms with Gasteiger partial charge in [0.1, 0.15) is 12.2 Å². The topological polar surface area (TPSA) is 97.4 Å². The molecule has 0 saturated carbocycles. The van der Waals surface area contributed by atoms with Crippen molar-refractivity contribution in [3.63, 3.8) is 0 Å². The van der Waals surface area contributed by atoms with Crippen molar-refractivity contribution >= 4 is 28.5 Å². The van der Waals surface area contributed by atoms with E-state index >= 15 is 0 Å². The average molecular weight is 341 g/mol. The number of rotatable bonds is 5. The van der Waals surface area contributed by atoms with Crippen molar-refractivity contribution in [3.8, 4) is 0 Å². The minimum atomic E-state index is -1.05. The lowest BCUT2D eigenvalue weighted by Gasteiger charge is -2.09. The molecule has 0 saturated heterocycles. The predicted molar refractivity (Wildman–Crippen MR) is 92.9 cm³/mol. The second-order valence-electron chi connectivity index (χ2n) is 6.20. The Bertz CT molecular complexity index is 953. The van der Waals surface area contributed by atoms with Gasteiger partial charge in [0.05, 0.1) is 23.5 Å². The summed E-state index contributed by atoms with van der Waals surface area (Å²) in [5, 5.41) is 17.1. The third kappa shape index (κ3) is 3.26. The lowest BCUT2D eigenvalue weighted by molar-refractivity contribution is -0.136. The molecule has 0 atom stereocenters. The zero-order valence-electron chi connectivity index (χ0n) is 14.2. The van der Waals surface area contributed by atoms with Gasteiger partial charge >= 0.3 is 5.97 Å². The van der Waals surface area contributed by atoms with Crippen molar-refractivity contribution in [3.05, 3.63) is 47.5 Å². The molecule has 1 aromatic carbocycles. The van der Waals surface area contributed by atoms with Crippen molar-refractivity contribution in [1.29, 1.82) is 0 Å². The fourth-order valence-electron chi connectivity index (χ4n) is 2.79. The first kappa shape index (κ1) is 16.8. The normalized spacial score (nSPS) is 11.2. The van der Waals surface area contributed by atoms with Gasteiger partial charge in [-0.05, 0) is 39.0 Å². The molecule has 0 aliphatic heterocycles. The summed E-state index contributed by atoms with van der Waals surface area (Å²) < 4.78 is 7.10. The van der Waals surface area contributed by atoms with E-state index in [1.807, 2.05) is 30.7 Å². The second-order valence-corrected chi connectivity index (χ2v) is 6.20. The number of aliphatic carboxylic acids is 1. The molecule has 2 heterocycles. The highest BCUT2D eigenvalue weighted by Gasteiger charge is 2.21. The van der Waals surface area contributed by atoms with Crippen LogP contribution in [-0.2, 0) is 11.2 Å². The van der Waals surface area contributed by atoms with Crippen LogP contribution in [0, 0.1) is 6.92 Å². The summed E-state index contributed by atoms with van der Waals surface area (Å²) in [7, 11) is 0. The molecule has 25 heavy (non-hydrogen) atoms. The van der Waals surface area contributed by atoms with Gasteiger partial charge in [-0.25, -0.2) is 0 Å². The van der Waals surface area contributed by atoms with Crippen LogP contribution in [0.3, 0.4) is 0 Å². The molecule has 0 radical (unpaired) electrons. The molecule has 2 aromatic heterocycles. The number of nitrogens with one attached hydrogen (secondary N) is 1. The SMILES string of the molecule is Cc1coc(CC(=O)O)c1C(=O)Nc1ccc2cnn(C(C)C)c2c1.